The largest absolute Gasteiger partial charge is 0.388 e. The van der Waals surface area contributed by atoms with Gasteiger partial charge in [-0.1, -0.05) is 51.9 Å². The lowest BCUT2D eigenvalue weighted by atomic mass is 10.0. The standard InChI is InChI=1S/C15H24FNO/c1-2-3-4-5-6-7-8-9-15(18)13-10-11-17-12-14(13)16/h10-12,15,18H,2-9H2,1H3. The van der Waals surface area contributed by atoms with Crippen LogP contribution in [0.15, 0.2) is 18.5 Å². The van der Waals surface area contributed by atoms with Crippen LogP contribution in [0.3, 0.4) is 0 Å². The Labute approximate surface area is 109 Å². The Balaban J connectivity index is 2.14. The average Bonchev–Trinajstić information content (AvgIpc) is 2.38. The molecule has 102 valence electrons. The summed E-state index contributed by atoms with van der Waals surface area (Å²) in [4.78, 5) is 3.68. The first kappa shape index (κ1) is 15.1. The minimum Gasteiger partial charge on any atom is -0.388 e. The van der Waals surface area contributed by atoms with Crippen LogP contribution in [0.4, 0.5) is 4.39 Å². The van der Waals surface area contributed by atoms with Crippen molar-refractivity contribution in [1.29, 1.82) is 0 Å². The van der Waals surface area contributed by atoms with Gasteiger partial charge in [-0.05, 0) is 12.5 Å². The zero-order valence-electron chi connectivity index (χ0n) is 11.2. The first-order chi connectivity index (χ1) is 8.75. The second-order valence-electron chi connectivity index (χ2n) is 4.82. The van der Waals surface area contributed by atoms with Crippen LogP contribution >= 0.6 is 0 Å². The Morgan fingerprint density at radius 2 is 1.83 bits per heavy atom. The third kappa shape index (κ3) is 5.58. The fourth-order valence-electron chi connectivity index (χ4n) is 2.11. The van der Waals surface area contributed by atoms with Gasteiger partial charge in [-0.2, -0.15) is 0 Å². The van der Waals surface area contributed by atoms with Crippen LogP contribution in [-0.2, 0) is 0 Å². The predicted octanol–water partition coefficient (Wildman–Crippen LogP) is 4.39. The van der Waals surface area contributed by atoms with E-state index in [9.17, 15) is 9.50 Å². The molecule has 1 rings (SSSR count). The summed E-state index contributed by atoms with van der Waals surface area (Å²) in [6, 6.07) is 1.56. The first-order valence-corrected chi connectivity index (χ1v) is 7.03. The number of hydrogen-bond acceptors (Lipinski definition) is 2. The van der Waals surface area contributed by atoms with Crippen molar-refractivity contribution in [3.8, 4) is 0 Å². The minimum absolute atomic E-state index is 0.371. The van der Waals surface area contributed by atoms with Crippen LogP contribution in [0.1, 0.15) is 70.0 Å². The summed E-state index contributed by atoms with van der Waals surface area (Å²) >= 11 is 0. The molecule has 18 heavy (non-hydrogen) atoms. The minimum atomic E-state index is -0.691. The van der Waals surface area contributed by atoms with E-state index in [2.05, 4.69) is 11.9 Å². The molecule has 1 N–H and O–H groups in total. The van der Waals surface area contributed by atoms with Crippen molar-refractivity contribution >= 4 is 0 Å². The molecule has 1 aromatic heterocycles. The van der Waals surface area contributed by atoms with Crippen molar-refractivity contribution < 1.29 is 9.50 Å². The molecule has 1 atom stereocenters. The lowest BCUT2D eigenvalue weighted by Crippen LogP contribution is -2.01. The maximum absolute atomic E-state index is 13.3. The van der Waals surface area contributed by atoms with Crippen molar-refractivity contribution in [3.05, 3.63) is 29.8 Å². The van der Waals surface area contributed by atoms with E-state index < -0.39 is 11.9 Å². The van der Waals surface area contributed by atoms with Gasteiger partial charge in [0.2, 0.25) is 0 Å². The first-order valence-electron chi connectivity index (χ1n) is 7.03. The fourth-order valence-corrected chi connectivity index (χ4v) is 2.11. The highest BCUT2D eigenvalue weighted by atomic mass is 19.1. The van der Waals surface area contributed by atoms with Crippen molar-refractivity contribution in [2.75, 3.05) is 0 Å². The molecule has 0 aliphatic heterocycles. The molecule has 3 heteroatoms. The fraction of sp³-hybridized carbons (Fsp3) is 0.667. The van der Waals surface area contributed by atoms with E-state index in [4.69, 9.17) is 0 Å². The Bertz CT molecular complexity index is 330. The van der Waals surface area contributed by atoms with Crippen LogP contribution < -0.4 is 0 Å². The van der Waals surface area contributed by atoms with Gasteiger partial charge in [-0.3, -0.25) is 4.98 Å². The molecular formula is C15H24FNO. The second kappa shape index (κ2) is 9.03. The predicted molar refractivity (Wildman–Crippen MR) is 71.8 cm³/mol. The van der Waals surface area contributed by atoms with E-state index in [0.717, 1.165) is 19.0 Å². The summed E-state index contributed by atoms with van der Waals surface area (Å²) in [5.41, 5.74) is 0.371. The number of unbranched alkanes of at least 4 members (excludes halogenated alkanes) is 6. The van der Waals surface area contributed by atoms with E-state index in [1.54, 1.807) is 6.07 Å². The number of rotatable bonds is 9. The van der Waals surface area contributed by atoms with Gasteiger partial charge in [0.1, 0.15) is 5.82 Å². The smallest absolute Gasteiger partial charge is 0.147 e. The third-order valence-corrected chi connectivity index (χ3v) is 3.24. The van der Waals surface area contributed by atoms with Crippen LogP contribution in [0.5, 0.6) is 0 Å². The maximum atomic E-state index is 13.3. The lowest BCUT2D eigenvalue weighted by Gasteiger charge is -2.11. The van der Waals surface area contributed by atoms with Crippen molar-refractivity contribution in [2.24, 2.45) is 0 Å². The lowest BCUT2D eigenvalue weighted by molar-refractivity contribution is 0.158. The van der Waals surface area contributed by atoms with Gasteiger partial charge >= 0.3 is 0 Å². The molecule has 0 aromatic carbocycles. The molecule has 0 aliphatic rings. The number of hydrogen-bond donors (Lipinski definition) is 1. The van der Waals surface area contributed by atoms with E-state index in [1.807, 2.05) is 0 Å². The van der Waals surface area contributed by atoms with Crippen molar-refractivity contribution in [2.45, 2.75) is 64.4 Å². The van der Waals surface area contributed by atoms with E-state index in [0.29, 0.717) is 12.0 Å². The molecule has 1 unspecified atom stereocenters. The summed E-state index contributed by atoms with van der Waals surface area (Å²) in [5.74, 6) is -0.409. The highest BCUT2D eigenvalue weighted by Crippen LogP contribution is 2.21. The average molecular weight is 253 g/mol. The van der Waals surface area contributed by atoms with E-state index in [1.165, 1.54) is 38.3 Å². The molecular weight excluding hydrogens is 229 g/mol. The van der Waals surface area contributed by atoms with Crippen LogP contribution in [0.2, 0.25) is 0 Å². The summed E-state index contributed by atoms with van der Waals surface area (Å²) in [5, 5.41) is 9.87. The highest BCUT2D eigenvalue weighted by molar-refractivity contribution is 5.15. The molecule has 0 radical (unpaired) electrons. The summed E-state index contributed by atoms with van der Waals surface area (Å²) in [6.07, 6.45) is 11.1. The molecule has 0 spiro atoms. The molecule has 0 saturated heterocycles. The Morgan fingerprint density at radius 3 is 2.50 bits per heavy atom. The van der Waals surface area contributed by atoms with Gasteiger partial charge in [0.05, 0.1) is 12.3 Å². The van der Waals surface area contributed by atoms with Crippen LogP contribution in [0, 0.1) is 5.82 Å². The van der Waals surface area contributed by atoms with Crippen molar-refractivity contribution in [1.82, 2.24) is 4.98 Å². The van der Waals surface area contributed by atoms with Gasteiger partial charge in [0.15, 0.2) is 0 Å². The van der Waals surface area contributed by atoms with Crippen LogP contribution in [-0.4, -0.2) is 10.1 Å². The molecule has 2 nitrogen and oxygen atoms in total. The van der Waals surface area contributed by atoms with E-state index in [-0.39, 0.29) is 0 Å². The highest BCUT2D eigenvalue weighted by Gasteiger charge is 2.11. The van der Waals surface area contributed by atoms with Crippen molar-refractivity contribution in [3.63, 3.8) is 0 Å². The molecule has 0 fully saturated rings. The number of aliphatic hydroxyl groups is 1. The zero-order chi connectivity index (χ0) is 13.2. The summed E-state index contributed by atoms with van der Waals surface area (Å²) in [7, 11) is 0. The van der Waals surface area contributed by atoms with Gasteiger partial charge in [0.25, 0.3) is 0 Å². The zero-order valence-corrected chi connectivity index (χ0v) is 11.2. The SMILES string of the molecule is CCCCCCCCCC(O)c1ccncc1F. The molecule has 0 bridgehead atoms. The molecule has 1 heterocycles. The topological polar surface area (TPSA) is 33.1 Å². The molecule has 0 amide bonds. The van der Waals surface area contributed by atoms with Gasteiger partial charge in [-0.15, -0.1) is 0 Å². The van der Waals surface area contributed by atoms with Gasteiger partial charge in [-0.25, -0.2) is 4.39 Å². The number of aliphatic hydroxyl groups excluding tert-OH is 1. The van der Waals surface area contributed by atoms with E-state index >= 15 is 0 Å². The third-order valence-electron chi connectivity index (χ3n) is 3.24. The monoisotopic (exact) mass is 253 g/mol. The number of aromatic nitrogens is 1. The van der Waals surface area contributed by atoms with Crippen LogP contribution in [0.25, 0.3) is 0 Å². The van der Waals surface area contributed by atoms with Gasteiger partial charge < -0.3 is 5.11 Å². The normalized spacial score (nSPS) is 12.6. The molecule has 0 aliphatic carbocycles. The summed E-state index contributed by atoms with van der Waals surface area (Å²) in [6.45, 7) is 2.21. The Kier molecular flexibility index (Phi) is 7.58. The molecule has 1 aromatic rings. The van der Waals surface area contributed by atoms with Gasteiger partial charge in [0, 0.05) is 11.8 Å². The number of nitrogens with zero attached hydrogens (tertiary/aromatic N) is 1. The second-order valence-corrected chi connectivity index (χ2v) is 4.82. The number of halogens is 1. The Morgan fingerprint density at radius 1 is 1.17 bits per heavy atom. The number of pyridine rings is 1. The quantitative estimate of drug-likeness (QED) is 0.662. The maximum Gasteiger partial charge on any atom is 0.147 e. The molecule has 0 saturated carbocycles. The summed E-state index contributed by atoms with van der Waals surface area (Å²) < 4.78 is 13.3. The Hall–Kier alpha value is -0.960.